The smallest absolute Gasteiger partial charge is 0.419 e. The molecule has 2 N–H and O–H groups in total. The highest BCUT2D eigenvalue weighted by atomic mass is 32.2. The molecule has 0 heterocycles. The van der Waals surface area contributed by atoms with E-state index >= 15 is 0 Å². The molecule has 0 saturated carbocycles. The summed E-state index contributed by atoms with van der Waals surface area (Å²) in [4.78, 5) is 12.4. The second-order valence-corrected chi connectivity index (χ2v) is 9.83. The number of carbonyl (C=O) groups is 1. The Morgan fingerprint density at radius 1 is 1.00 bits per heavy atom. The minimum atomic E-state index is -4.58. The van der Waals surface area contributed by atoms with Crippen molar-refractivity contribution in [1.29, 1.82) is 0 Å². The van der Waals surface area contributed by atoms with E-state index in [0.29, 0.717) is 0 Å². The summed E-state index contributed by atoms with van der Waals surface area (Å²) in [7, 11) is -3.62. The summed E-state index contributed by atoms with van der Waals surface area (Å²) in [6, 6.07) is 8.75. The van der Waals surface area contributed by atoms with Crippen LogP contribution in [-0.2, 0) is 16.2 Å². The van der Waals surface area contributed by atoms with E-state index in [9.17, 15) is 26.4 Å². The van der Waals surface area contributed by atoms with E-state index in [1.54, 1.807) is 27.7 Å². The van der Waals surface area contributed by atoms with Gasteiger partial charge in [-0.1, -0.05) is 0 Å². The van der Waals surface area contributed by atoms with Gasteiger partial charge in [-0.15, -0.1) is 0 Å². The first kappa shape index (κ1) is 23.5. The topological polar surface area (TPSA) is 84.5 Å². The summed E-state index contributed by atoms with van der Waals surface area (Å²) >= 11 is 0. The standard InChI is InChI=1S/C20H23F3N2O4S/c1-5-29-17-12-15(10-11-16(17)20(21,22)23)24-18(26)13-6-8-14(9-7-13)25-30(27,28)19(2,3)4/h6-12,25H,5H2,1-4H3,(H,24,26). The molecule has 10 heteroatoms. The Hall–Kier alpha value is -2.75. The molecule has 2 aromatic rings. The predicted molar refractivity (Wildman–Crippen MR) is 109 cm³/mol. The quantitative estimate of drug-likeness (QED) is 0.664. The molecule has 2 rings (SSSR count). The summed E-state index contributed by atoms with van der Waals surface area (Å²) < 4.78 is 70.0. The van der Waals surface area contributed by atoms with Crippen molar-refractivity contribution in [2.24, 2.45) is 0 Å². The van der Waals surface area contributed by atoms with Gasteiger partial charge in [-0.2, -0.15) is 13.2 Å². The Bertz CT molecular complexity index is 1010. The molecule has 1 amide bonds. The van der Waals surface area contributed by atoms with Crippen LogP contribution in [0, 0.1) is 0 Å². The summed E-state index contributed by atoms with van der Waals surface area (Å²) in [6.07, 6.45) is -4.58. The molecule has 2 aromatic carbocycles. The van der Waals surface area contributed by atoms with Gasteiger partial charge in [0.1, 0.15) is 5.75 Å². The largest absolute Gasteiger partial charge is 0.493 e. The lowest BCUT2D eigenvalue weighted by atomic mass is 10.1. The third-order valence-electron chi connectivity index (χ3n) is 4.05. The van der Waals surface area contributed by atoms with Crippen LogP contribution < -0.4 is 14.8 Å². The Balaban J connectivity index is 2.18. The van der Waals surface area contributed by atoms with E-state index in [1.165, 1.54) is 24.3 Å². The van der Waals surface area contributed by atoms with Crippen LogP contribution in [0.5, 0.6) is 5.75 Å². The van der Waals surface area contributed by atoms with E-state index in [0.717, 1.165) is 18.2 Å². The fourth-order valence-electron chi connectivity index (χ4n) is 2.31. The lowest BCUT2D eigenvalue weighted by molar-refractivity contribution is -0.138. The molecule has 6 nitrogen and oxygen atoms in total. The van der Waals surface area contributed by atoms with Crippen LogP contribution >= 0.6 is 0 Å². The number of alkyl halides is 3. The SMILES string of the molecule is CCOc1cc(NC(=O)c2ccc(NS(=O)(=O)C(C)(C)C)cc2)ccc1C(F)(F)F. The number of rotatable bonds is 6. The maximum Gasteiger partial charge on any atom is 0.419 e. The second kappa shape index (κ2) is 8.55. The summed E-state index contributed by atoms with van der Waals surface area (Å²) in [5, 5.41) is 2.50. The highest BCUT2D eigenvalue weighted by Gasteiger charge is 2.34. The second-order valence-electron chi connectivity index (χ2n) is 7.39. The molecule has 0 aliphatic rings. The fraction of sp³-hybridized carbons (Fsp3) is 0.350. The van der Waals surface area contributed by atoms with Crippen LogP contribution in [0.3, 0.4) is 0 Å². The number of amides is 1. The third kappa shape index (κ3) is 5.65. The fourth-order valence-corrected chi connectivity index (χ4v) is 3.06. The molecular weight excluding hydrogens is 421 g/mol. The molecule has 0 aliphatic heterocycles. The van der Waals surface area contributed by atoms with Gasteiger partial charge < -0.3 is 10.1 Å². The van der Waals surface area contributed by atoms with Gasteiger partial charge in [0.15, 0.2) is 0 Å². The zero-order valence-corrected chi connectivity index (χ0v) is 17.7. The molecule has 30 heavy (non-hydrogen) atoms. The van der Waals surface area contributed by atoms with Gasteiger partial charge in [0.2, 0.25) is 10.0 Å². The van der Waals surface area contributed by atoms with Crippen LogP contribution in [0.15, 0.2) is 42.5 Å². The average molecular weight is 444 g/mol. The van der Waals surface area contributed by atoms with E-state index in [4.69, 9.17) is 4.74 Å². The van der Waals surface area contributed by atoms with Crippen molar-refractivity contribution in [3.05, 3.63) is 53.6 Å². The molecule has 164 valence electrons. The van der Waals surface area contributed by atoms with Crippen molar-refractivity contribution in [1.82, 2.24) is 0 Å². The van der Waals surface area contributed by atoms with Crippen LogP contribution in [0.2, 0.25) is 0 Å². The van der Waals surface area contributed by atoms with Crippen molar-refractivity contribution in [3.8, 4) is 5.75 Å². The third-order valence-corrected chi connectivity index (χ3v) is 6.17. The van der Waals surface area contributed by atoms with Gasteiger partial charge in [-0.05, 0) is 64.1 Å². The number of benzene rings is 2. The van der Waals surface area contributed by atoms with Gasteiger partial charge in [0.05, 0.1) is 16.9 Å². The van der Waals surface area contributed by atoms with Crippen molar-refractivity contribution in [2.75, 3.05) is 16.6 Å². The first-order chi connectivity index (χ1) is 13.7. The molecule has 0 bridgehead atoms. The molecule has 0 aromatic heterocycles. The van der Waals surface area contributed by atoms with Gasteiger partial charge >= 0.3 is 6.18 Å². The maximum absolute atomic E-state index is 13.0. The van der Waals surface area contributed by atoms with Gasteiger partial charge in [-0.3, -0.25) is 9.52 Å². The number of anilines is 2. The highest BCUT2D eigenvalue weighted by Crippen LogP contribution is 2.37. The molecule has 0 radical (unpaired) electrons. The molecule has 0 spiro atoms. The number of sulfonamides is 1. The first-order valence-corrected chi connectivity index (χ1v) is 10.5. The van der Waals surface area contributed by atoms with Crippen LogP contribution in [0.4, 0.5) is 24.5 Å². The van der Waals surface area contributed by atoms with Crippen molar-refractivity contribution >= 4 is 27.3 Å². The first-order valence-electron chi connectivity index (χ1n) is 9.02. The number of carbonyl (C=O) groups excluding carboxylic acids is 1. The zero-order chi connectivity index (χ0) is 22.7. The highest BCUT2D eigenvalue weighted by molar-refractivity contribution is 7.94. The monoisotopic (exact) mass is 444 g/mol. The van der Waals surface area contributed by atoms with E-state index in [-0.39, 0.29) is 29.3 Å². The predicted octanol–water partition coefficient (Wildman–Crippen LogP) is 4.90. The Morgan fingerprint density at radius 2 is 1.57 bits per heavy atom. The van der Waals surface area contributed by atoms with E-state index in [2.05, 4.69) is 10.0 Å². The lowest BCUT2D eigenvalue weighted by Crippen LogP contribution is -2.33. The summed E-state index contributed by atoms with van der Waals surface area (Å²) in [6.45, 7) is 6.25. The van der Waals surface area contributed by atoms with Crippen molar-refractivity contribution < 1.29 is 31.1 Å². The van der Waals surface area contributed by atoms with E-state index < -0.39 is 32.4 Å². The Labute approximate surface area is 173 Å². The van der Waals surface area contributed by atoms with Crippen LogP contribution in [-0.4, -0.2) is 25.7 Å². The number of ether oxygens (including phenoxy) is 1. The van der Waals surface area contributed by atoms with Crippen LogP contribution in [0.25, 0.3) is 0 Å². The average Bonchev–Trinajstić information content (AvgIpc) is 2.60. The van der Waals surface area contributed by atoms with Crippen molar-refractivity contribution in [3.63, 3.8) is 0 Å². The van der Waals surface area contributed by atoms with Crippen molar-refractivity contribution in [2.45, 2.75) is 38.6 Å². The maximum atomic E-state index is 13.0. The number of hydrogen-bond acceptors (Lipinski definition) is 4. The minimum Gasteiger partial charge on any atom is -0.493 e. The zero-order valence-electron chi connectivity index (χ0n) is 16.9. The summed E-state index contributed by atoms with van der Waals surface area (Å²) in [5.74, 6) is -0.947. The molecule has 0 unspecified atom stereocenters. The van der Waals surface area contributed by atoms with E-state index in [1.807, 2.05) is 0 Å². The molecular formula is C20H23F3N2O4S. The van der Waals surface area contributed by atoms with Crippen LogP contribution in [0.1, 0.15) is 43.6 Å². The van der Waals surface area contributed by atoms with Gasteiger partial charge in [-0.25, -0.2) is 8.42 Å². The number of nitrogens with one attached hydrogen (secondary N) is 2. The summed E-state index contributed by atoms with van der Waals surface area (Å²) in [5.41, 5.74) is -0.312. The molecule has 0 atom stereocenters. The minimum absolute atomic E-state index is 0.0341. The Kier molecular flexibility index (Phi) is 6.70. The number of hydrogen-bond donors (Lipinski definition) is 2. The van der Waals surface area contributed by atoms with Gasteiger partial charge in [0.25, 0.3) is 5.91 Å². The Morgan fingerprint density at radius 3 is 2.07 bits per heavy atom. The molecule has 0 aliphatic carbocycles. The normalized spacial score (nSPS) is 12.4. The molecule has 0 fully saturated rings. The lowest BCUT2D eigenvalue weighted by Gasteiger charge is -2.20. The number of halogens is 3. The van der Waals surface area contributed by atoms with Gasteiger partial charge in [0, 0.05) is 23.0 Å². The molecule has 0 saturated heterocycles.